The SMILES string of the molecule is O=C1C=C(Cc2ccc(Cl)c(F)c2)CC1. The topological polar surface area (TPSA) is 17.1 Å². The van der Waals surface area contributed by atoms with E-state index in [1.54, 1.807) is 18.2 Å². The van der Waals surface area contributed by atoms with Crippen molar-refractivity contribution in [1.82, 2.24) is 0 Å². The molecule has 1 nitrogen and oxygen atoms in total. The lowest BCUT2D eigenvalue weighted by Gasteiger charge is -2.02. The Hall–Kier alpha value is -1.15. The Kier molecular flexibility index (Phi) is 2.87. The third kappa shape index (κ3) is 2.45. The van der Waals surface area contributed by atoms with Crippen molar-refractivity contribution < 1.29 is 9.18 Å². The Bertz CT molecular complexity index is 437. The molecule has 2 rings (SSSR count). The fourth-order valence-electron chi connectivity index (χ4n) is 1.71. The van der Waals surface area contributed by atoms with Crippen molar-refractivity contribution in [2.24, 2.45) is 0 Å². The van der Waals surface area contributed by atoms with Crippen LogP contribution in [0, 0.1) is 5.82 Å². The van der Waals surface area contributed by atoms with E-state index >= 15 is 0 Å². The Balaban J connectivity index is 2.14. The summed E-state index contributed by atoms with van der Waals surface area (Å²) >= 11 is 5.58. The van der Waals surface area contributed by atoms with Gasteiger partial charge in [-0.2, -0.15) is 0 Å². The molecule has 78 valence electrons. The molecule has 0 amide bonds. The average molecular weight is 225 g/mol. The molecule has 0 aromatic heterocycles. The van der Waals surface area contributed by atoms with Crippen LogP contribution in [0.15, 0.2) is 29.8 Å². The van der Waals surface area contributed by atoms with Crippen LogP contribution in [0.1, 0.15) is 18.4 Å². The van der Waals surface area contributed by atoms with Crippen molar-refractivity contribution in [3.8, 4) is 0 Å². The molecule has 1 aliphatic carbocycles. The fraction of sp³-hybridized carbons (Fsp3) is 0.250. The molecule has 0 N–H and O–H groups in total. The lowest BCUT2D eigenvalue weighted by atomic mass is 10.0. The first-order valence-electron chi connectivity index (χ1n) is 4.81. The largest absolute Gasteiger partial charge is 0.295 e. The lowest BCUT2D eigenvalue weighted by Crippen LogP contribution is -1.89. The number of allylic oxidation sites excluding steroid dienone is 2. The fourth-order valence-corrected chi connectivity index (χ4v) is 1.82. The van der Waals surface area contributed by atoms with Gasteiger partial charge in [-0.15, -0.1) is 0 Å². The van der Waals surface area contributed by atoms with Crippen molar-refractivity contribution in [2.45, 2.75) is 19.3 Å². The van der Waals surface area contributed by atoms with Crippen molar-refractivity contribution in [2.75, 3.05) is 0 Å². The molecule has 3 heteroatoms. The Morgan fingerprint density at radius 1 is 1.33 bits per heavy atom. The van der Waals surface area contributed by atoms with Gasteiger partial charge in [0.05, 0.1) is 5.02 Å². The van der Waals surface area contributed by atoms with Crippen molar-refractivity contribution in [1.29, 1.82) is 0 Å². The lowest BCUT2D eigenvalue weighted by molar-refractivity contribution is -0.114. The second-order valence-corrected chi connectivity index (χ2v) is 4.10. The highest BCUT2D eigenvalue weighted by Crippen LogP contribution is 2.22. The van der Waals surface area contributed by atoms with Crippen LogP contribution in [0.5, 0.6) is 0 Å². The van der Waals surface area contributed by atoms with Crippen molar-refractivity contribution in [3.63, 3.8) is 0 Å². The Morgan fingerprint density at radius 2 is 2.13 bits per heavy atom. The zero-order valence-electron chi connectivity index (χ0n) is 8.09. The highest BCUT2D eigenvalue weighted by molar-refractivity contribution is 6.30. The van der Waals surface area contributed by atoms with Crippen LogP contribution in [0.25, 0.3) is 0 Å². The molecular weight excluding hydrogens is 215 g/mol. The van der Waals surface area contributed by atoms with E-state index < -0.39 is 5.82 Å². The molecule has 0 atom stereocenters. The predicted molar refractivity (Wildman–Crippen MR) is 57.4 cm³/mol. The number of halogens is 2. The quantitative estimate of drug-likeness (QED) is 0.753. The number of rotatable bonds is 2. The van der Waals surface area contributed by atoms with Gasteiger partial charge >= 0.3 is 0 Å². The molecule has 0 unspecified atom stereocenters. The van der Waals surface area contributed by atoms with E-state index in [0.717, 1.165) is 17.6 Å². The first-order chi connectivity index (χ1) is 7.15. The summed E-state index contributed by atoms with van der Waals surface area (Å²) in [6.45, 7) is 0. The third-order valence-corrected chi connectivity index (χ3v) is 2.78. The summed E-state index contributed by atoms with van der Waals surface area (Å²) in [5, 5.41) is 0.134. The van der Waals surface area contributed by atoms with Gasteiger partial charge in [0.25, 0.3) is 0 Å². The highest BCUT2D eigenvalue weighted by Gasteiger charge is 2.12. The van der Waals surface area contributed by atoms with Gasteiger partial charge < -0.3 is 0 Å². The van der Waals surface area contributed by atoms with Crippen LogP contribution >= 0.6 is 11.6 Å². The zero-order chi connectivity index (χ0) is 10.8. The van der Waals surface area contributed by atoms with E-state index in [-0.39, 0.29) is 10.8 Å². The maximum Gasteiger partial charge on any atom is 0.155 e. The standard InChI is InChI=1S/C12H10ClFO/c13-11-4-2-9(7-12(11)14)5-8-1-3-10(15)6-8/h2,4,6-7H,1,3,5H2. The zero-order valence-corrected chi connectivity index (χ0v) is 8.85. The Labute approximate surface area is 92.6 Å². The predicted octanol–water partition coefficient (Wildman–Crippen LogP) is 3.31. The minimum Gasteiger partial charge on any atom is -0.295 e. The first kappa shape index (κ1) is 10.4. The van der Waals surface area contributed by atoms with Gasteiger partial charge in [0, 0.05) is 6.42 Å². The number of carbonyl (C=O) groups is 1. The Morgan fingerprint density at radius 3 is 2.73 bits per heavy atom. The van der Waals surface area contributed by atoms with E-state index in [2.05, 4.69) is 0 Å². The minimum absolute atomic E-state index is 0.134. The van der Waals surface area contributed by atoms with Crippen LogP contribution in [0.3, 0.4) is 0 Å². The van der Waals surface area contributed by atoms with Gasteiger partial charge in [0.15, 0.2) is 5.78 Å². The van der Waals surface area contributed by atoms with Crippen LogP contribution in [0.4, 0.5) is 4.39 Å². The second-order valence-electron chi connectivity index (χ2n) is 3.69. The van der Waals surface area contributed by atoms with Gasteiger partial charge in [-0.05, 0) is 36.6 Å². The molecule has 0 saturated heterocycles. The number of ketones is 1. The molecule has 0 aliphatic heterocycles. The molecule has 0 saturated carbocycles. The molecule has 0 radical (unpaired) electrons. The monoisotopic (exact) mass is 224 g/mol. The third-order valence-electron chi connectivity index (χ3n) is 2.47. The van der Waals surface area contributed by atoms with Crippen LogP contribution in [0.2, 0.25) is 5.02 Å². The van der Waals surface area contributed by atoms with Gasteiger partial charge in [-0.3, -0.25) is 4.79 Å². The van der Waals surface area contributed by atoms with Gasteiger partial charge in [0.1, 0.15) is 5.82 Å². The maximum absolute atomic E-state index is 13.1. The molecule has 0 fully saturated rings. The normalized spacial score (nSPS) is 15.6. The smallest absolute Gasteiger partial charge is 0.155 e. The molecule has 15 heavy (non-hydrogen) atoms. The summed E-state index contributed by atoms with van der Waals surface area (Å²) in [6.07, 6.45) is 3.68. The summed E-state index contributed by atoms with van der Waals surface area (Å²) in [5.74, 6) is -0.237. The molecule has 0 heterocycles. The molecule has 1 aromatic rings. The second kappa shape index (κ2) is 4.15. The van der Waals surface area contributed by atoms with Crippen molar-refractivity contribution >= 4 is 17.4 Å². The molecule has 1 aliphatic rings. The number of carbonyl (C=O) groups excluding carboxylic acids is 1. The van der Waals surface area contributed by atoms with E-state index in [0.29, 0.717) is 12.8 Å². The van der Waals surface area contributed by atoms with E-state index in [1.165, 1.54) is 6.07 Å². The highest BCUT2D eigenvalue weighted by atomic mass is 35.5. The molecular formula is C12H10ClFO. The summed E-state index contributed by atoms with van der Waals surface area (Å²) < 4.78 is 13.1. The summed E-state index contributed by atoms with van der Waals surface area (Å²) in [6, 6.07) is 4.75. The number of hydrogen-bond donors (Lipinski definition) is 0. The minimum atomic E-state index is -0.404. The first-order valence-corrected chi connectivity index (χ1v) is 5.19. The average Bonchev–Trinajstić information content (AvgIpc) is 2.58. The summed E-state index contributed by atoms with van der Waals surface area (Å²) in [5.41, 5.74) is 1.93. The van der Waals surface area contributed by atoms with Gasteiger partial charge in [-0.1, -0.05) is 23.2 Å². The van der Waals surface area contributed by atoms with E-state index in [9.17, 15) is 9.18 Å². The van der Waals surface area contributed by atoms with Gasteiger partial charge in [-0.25, -0.2) is 4.39 Å². The van der Waals surface area contributed by atoms with Crippen molar-refractivity contribution in [3.05, 3.63) is 46.3 Å². The molecule has 1 aromatic carbocycles. The molecule has 0 bridgehead atoms. The van der Waals surface area contributed by atoms with E-state index in [4.69, 9.17) is 11.6 Å². The summed E-state index contributed by atoms with van der Waals surface area (Å²) in [7, 11) is 0. The number of benzene rings is 1. The van der Waals surface area contributed by atoms with Crippen LogP contribution in [-0.4, -0.2) is 5.78 Å². The maximum atomic E-state index is 13.1. The van der Waals surface area contributed by atoms with E-state index in [1.807, 2.05) is 0 Å². The molecule has 0 spiro atoms. The summed E-state index contributed by atoms with van der Waals surface area (Å²) in [4.78, 5) is 11.0. The van der Waals surface area contributed by atoms with Gasteiger partial charge in [0.2, 0.25) is 0 Å². The van der Waals surface area contributed by atoms with Crippen LogP contribution in [-0.2, 0) is 11.2 Å². The number of hydrogen-bond acceptors (Lipinski definition) is 1. The van der Waals surface area contributed by atoms with Crippen LogP contribution < -0.4 is 0 Å².